The van der Waals surface area contributed by atoms with Gasteiger partial charge in [0.05, 0.1) is 13.2 Å². The Morgan fingerprint density at radius 2 is 1.88 bits per heavy atom. The zero-order valence-electron chi connectivity index (χ0n) is 14.3. The van der Waals surface area contributed by atoms with Crippen LogP contribution in [0.2, 0.25) is 0 Å². The summed E-state index contributed by atoms with van der Waals surface area (Å²) in [5.41, 5.74) is 1.10. The van der Waals surface area contributed by atoms with Gasteiger partial charge in [-0.2, -0.15) is 0 Å². The number of ether oxygens (including phenoxy) is 1. The van der Waals surface area contributed by atoms with E-state index in [9.17, 15) is 4.79 Å². The van der Waals surface area contributed by atoms with Crippen LogP contribution in [-0.2, 0) is 9.53 Å². The van der Waals surface area contributed by atoms with E-state index in [1.54, 1.807) is 11.3 Å². The number of benzene rings is 1. The van der Waals surface area contributed by atoms with Gasteiger partial charge >= 0.3 is 0 Å². The third-order valence-corrected chi connectivity index (χ3v) is 6.14. The lowest BCUT2D eigenvalue weighted by molar-refractivity contribution is -0.142. The van der Waals surface area contributed by atoms with Gasteiger partial charge < -0.3 is 9.64 Å². The molecule has 0 bridgehead atoms. The number of hydrogen-bond donors (Lipinski definition) is 0. The van der Waals surface area contributed by atoms with E-state index in [-0.39, 0.29) is 11.9 Å². The van der Waals surface area contributed by atoms with Gasteiger partial charge in [-0.05, 0) is 36.4 Å². The number of carbonyl (C=O) groups is 1. The second kappa shape index (κ2) is 7.68. The Hall–Kier alpha value is -1.69. The van der Waals surface area contributed by atoms with Crippen molar-refractivity contribution < 1.29 is 9.53 Å². The van der Waals surface area contributed by atoms with Crippen molar-refractivity contribution in [3.63, 3.8) is 0 Å². The van der Waals surface area contributed by atoms with Crippen molar-refractivity contribution in [1.82, 2.24) is 9.80 Å². The molecule has 2 fully saturated rings. The van der Waals surface area contributed by atoms with Crippen molar-refractivity contribution in [2.24, 2.45) is 0 Å². The summed E-state index contributed by atoms with van der Waals surface area (Å²) in [4.78, 5) is 19.2. The lowest BCUT2D eigenvalue weighted by Gasteiger charge is -2.37. The Balaban J connectivity index is 1.66. The average Bonchev–Trinajstić information content (AvgIpc) is 3.35. The van der Waals surface area contributed by atoms with Crippen molar-refractivity contribution in [3.05, 3.63) is 58.3 Å². The SMILES string of the molecule is O=C([C@@H](c1ccccc1)N1CCC[C@H]1c1cccs1)N1CCOCC1. The van der Waals surface area contributed by atoms with Gasteiger partial charge in [-0.15, -0.1) is 11.3 Å². The summed E-state index contributed by atoms with van der Waals surface area (Å²) in [6.45, 7) is 3.64. The molecule has 3 heterocycles. The zero-order valence-corrected chi connectivity index (χ0v) is 15.2. The molecule has 5 heteroatoms. The molecule has 25 heavy (non-hydrogen) atoms. The maximum atomic E-state index is 13.4. The first-order valence-electron chi connectivity index (χ1n) is 9.05. The number of thiophene rings is 1. The second-order valence-corrected chi connectivity index (χ2v) is 7.64. The highest BCUT2D eigenvalue weighted by Crippen LogP contribution is 2.41. The average molecular weight is 356 g/mol. The third-order valence-electron chi connectivity index (χ3n) is 5.17. The molecule has 0 aliphatic carbocycles. The number of morpholine rings is 1. The predicted octanol–water partition coefficient (Wildman–Crippen LogP) is 3.49. The van der Waals surface area contributed by atoms with Gasteiger partial charge in [-0.25, -0.2) is 0 Å². The fourth-order valence-electron chi connectivity index (χ4n) is 3.95. The van der Waals surface area contributed by atoms with Gasteiger partial charge in [0.15, 0.2) is 0 Å². The first-order chi connectivity index (χ1) is 12.3. The molecule has 2 saturated heterocycles. The predicted molar refractivity (Wildman–Crippen MR) is 99.6 cm³/mol. The van der Waals surface area contributed by atoms with Gasteiger partial charge in [0, 0.05) is 24.0 Å². The summed E-state index contributed by atoms with van der Waals surface area (Å²) in [7, 11) is 0. The summed E-state index contributed by atoms with van der Waals surface area (Å²) < 4.78 is 5.44. The Morgan fingerprint density at radius 1 is 1.08 bits per heavy atom. The monoisotopic (exact) mass is 356 g/mol. The third kappa shape index (κ3) is 3.50. The van der Waals surface area contributed by atoms with E-state index in [0.29, 0.717) is 32.3 Å². The molecule has 0 saturated carbocycles. The minimum absolute atomic E-state index is 0.200. The summed E-state index contributed by atoms with van der Waals surface area (Å²) in [6, 6.07) is 14.7. The first kappa shape index (κ1) is 16.8. The van der Waals surface area contributed by atoms with Crippen LogP contribution in [0.5, 0.6) is 0 Å². The largest absolute Gasteiger partial charge is 0.378 e. The topological polar surface area (TPSA) is 32.8 Å². The fourth-order valence-corrected chi connectivity index (χ4v) is 4.83. The minimum Gasteiger partial charge on any atom is -0.378 e. The van der Waals surface area contributed by atoms with E-state index in [2.05, 4.69) is 34.5 Å². The van der Waals surface area contributed by atoms with E-state index in [1.807, 2.05) is 23.1 Å². The highest BCUT2D eigenvalue weighted by molar-refractivity contribution is 7.10. The molecule has 0 N–H and O–H groups in total. The molecule has 2 aliphatic rings. The Labute approximate surface area is 153 Å². The molecule has 1 amide bonds. The molecule has 0 radical (unpaired) electrons. The molecule has 0 unspecified atom stereocenters. The molecular weight excluding hydrogens is 332 g/mol. The van der Waals surface area contributed by atoms with Crippen LogP contribution in [0.1, 0.15) is 35.4 Å². The van der Waals surface area contributed by atoms with E-state index >= 15 is 0 Å². The molecule has 132 valence electrons. The minimum atomic E-state index is -0.200. The van der Waals surface area contributed by atoms with Crippen LogP contribution >= 0.6 is 11.3 Å². The zero-order chi connectivity index (χ0) is 17.1. The number of rotatable bonds is 4. The normalized spacial score (nSPS) is 22.9. The van der Waals surface area contributed by atoms with Crippen LogP contribution in [0, 0.1) is 0 Å². The van der Waals surface area contributed by atoms with Crippen molar-refractivity contribution in [3.8, 4) is 0 Å². The first-order valence-corrected chi connectivity index (χ1v) is 9.93. The van der Waals surface area contributed by atoms with E-state index in [4.69, 9.17) is 4.74 Å². The smallest absolute Gasteiger partial charge is 0.244 e. The van der Waals surface area contributed by atoms with Crippen molar-refractivity contribution in [2.45, 2.75) is 24.9 Å². The Bertz CT molecular complexity index is 683. The van der Waals surface area contributed by atoms with E-state index in [0.717, 1.165) is 24.9 Å². The van der Waals surface area contributed by atoms with Crippen LogP contribution in [0.15, 0.2) is 47.8 Å². The number of hydrogen-bond acceptors (Lipinski definition) is 4. The molecule has 2 aliphatic heterocycles. The molecular formula is C20H24N2O2S. The van der Waals surface area contributed by atoms with E-state index in [1.165, 1.54) is 4.88 Å². The van der Waals surface area contributed by atoms with Crippen LogP contribution in [0.4, 0.5) is 0 Å². The van der Waals surface area contributed by atoms with Crippen LogP contribution in [0.25, 0.3) is 0 Å². The second-order valence-electron chi connectivity index (χ2n) is 6.66. The van der Waals surface area contributed by atoms with Crippen LogP contribution < -0.4 is 0 Å². The van der Waals surface area contributed by atoms with Gasteiger partial charge in [0.1, 0.15) is 6.04 Å². The van der Waals surface area contributed by atoms with Gasteiger partial charge in [-0.3, -0.25) is 9.69 Å². The molecule has 0 spiro atoms. The summed E-state index contributed by atoms with van der Waals surface area (Å²) in [5, 5.41) is 2.13. The van der Waals surface area contributed by atoms with E-state index < -0.39 is 0 Å². The summed E-state index contributed by atoms with van der Waals surface area (Å²) >= 11 is 1.80. The number of amides is 1. The van der Waals surface area contributed by atoms with Gasteiger partial charge in [-0.1, -0.05) is 36.4 Å². The van der Waals surface area contributed by atoms with Crippen LogP contribution in [0.3, 0.4) is 0 Å². The van der Waals surface area contributed by atoms with Gasteiger partial charge in [0.2, 0.25) is 5.91 Å². The Kier molecular flexibility index (Phi) is 5.15. The summed E-state index contributed by atoms with van der Waals surface area (Å²) in [5.74, 6) is 0.220. The van der Waals surface area contributed by atoms with Gasteiger partial charge in [0.25, 0.3) is 0 Å². The number of likely N-dealkylation sites (tertiary alicyclic amines) is 1. The Morgan fingerprint density at radius 3 is 2.60 bits per heavy atom. The molecule has 1 aromatic heterocycles. The highest BCUT2D eigenvalue weighted by Gasteiger charge is 2.39. The standard InChI is InChI=1S/C20H24N2O2S/c23-20(21-11-13-24-14-12-21)19(16-6-2-1-3-7-16)22-10-4-8-17(22)18-9-5-15-25-18/h1-3,5-7,9,15,17,19H,4,8,10-14H2/t17-,19+/m0/s1. The maximum Gasteiger partial charge on any atom is 0.244 e. The van der Waals surface area contributed by atoms with Crippen molar-refractivity contribution in [1.29, 1.82) is 0 Å². The molecule has 2 aromatic rings. The quantitative estimate of drug-likeness (QED) is 0.841. The molecule has 4 nitrogen and oxygen atoms in total. The maximum absolute atomic E-state index is 13.4. The summed E-state index contributed by atoms with van der Waals surface area (Å²) in [6.07, 6.45) is 2.27. The molecule has 1 aromatic carbocycles. The molecule has 4 rings (SSSR count). The number of nitrogens with zero attached hydrogens (tertiary/aromatic N) is 2. The van der Waals surface area contributed by atoms with Crippen molar-refractivity contribution >= 4 is 17.2 Å². The highest BCUT2D eigenvalue weighted by atomic mass is 32.1. The number of carbonyl (C=O) groups excluding carboxylic acids is 1. The fraction of sp³-hybridized carbons (Fsp3) is 0.450. The molecule has 2 atom stereocenters. The van der Waals surface area contributed by atoms with Crippen molar-refractivity contribution in [2.75, 3.05) is 32.8 Å². The lowest BCUT2D eigenvalue weighted by atomic mass is 10.0. The van der Waals surface area contributed by atoms with Crippen LogP contribution in [-0.4, -0.2) is 48.6 Å². The lowest BCUT2D eigenvalue weighted by Crippen LogP contribution is -2.47.